The zero-order chi connectivity index (χ0) is 15.8. The van der Waals surface area contributed by atoms with Gasteiger partial charge in [-0.2, -0.15) is 0 Å². The highest BCUT2D eigenvalue weighted by Gasteiger charge is 2.48. The van der Waals surface area contributed by atoms with E-state index in [1.54, 1.807) is 0 Å². The van der Waals surface area contributed by atoms with E-state index in [4.69, 9.17) is 14.3 Å². The van der Waals surface area contributed by atoms with Gasteiger partial charge in [0.05, 0.1) is 13.2 Å². The largest absolute Gasteiger partial charge is 0.348 e. The van der Waals surface area contributed by atoms with Gasteiger partial charge in [-0.1, -0.05) is 18.1 Å². The Hall–Kier alpha value is -1.80. The Kier molecular flexibility index (Phi) is 3.65. The number of hydrogen-bond donors (Lipinski definition) is 1. The third kappa shape index (κ3) is 3.00. The van der Waals surface area contributed by atoms with E-state index in [9.17, 15) is 0 Å². The number of nitrogens with one attached hydrogen (secondary N) is 1. The molecule has 2 heterocycles. The maximum atomic E-state index is 5.85. The molecule has 0 amide bonds. The van der Waals surface area contributed by atoms with Crippen LogP contribution in [0, 0.1) is 18.8 Å². The van der Waals surface area contributed by atoms with Crippen LogP contribution in [0.1, 0.15) is 36.8 Å². The Morgan fingerprint density at radius 2 is 1.83 bits per heavy atom. The fourth-order valence-corrected chi connectivity index (χ4v) is 3.49. The SMILES string of the molecule is Cc1cccc(C#CC2=CC3(CCC4(CC3)OCCO4)ON2)c1. The lowest BCUT2D eigenvalue weighted by Crippen LogP contribution is -2.43. The number of ether oxygens (including phenoxy) is 2. The predicted molar refractivity (Wildman–Crippen MR) is 86.2 cm³/mol. The molecule has 23 heavy (non-hydrogen) atoms. The van der Waals surface area contributed by atoms with Gasteiger partial charge in [0.1, 0.15) is 11.3 Å². The molecule has 2 fully saturated rings. The smallest absolute Gasteiger partial charge is 0.168 e. The minimum atomic E-state index is -0.363. The molecule has 2 spiro atoms. The first-order chi connectivity index (χ1) is 11.2. The fourth-order valence-electron chi connectivity index (χ4n) is 3.49. The van der Waals surface area contributed by atoms with Crippen molar-refractivity contribution in [1.29, 1.82) is 0 Å². The van der Waals surface area contributed by atoms with Crippen LogP contribution in [0.15, 0.2) is 36.0 Å². The van der Waals surface area contributed by atoms with Crippen LogP contribution < -0.4 is 5.48 Å². The van der Waals surface area contributed by atoms with Crippen molar-refractivity contribution < 1.29 is 14.3 Å². The molecule has 0 unspecified atom stereocenters. The van der Waals surface area contributed by atoms with Crippen LogP contribution >= 0.6 is 0 Å². The van der Waals surface area contributed by atoms with Crippen molar-refractivity contribution in [3.05, 3.63) is 47.2 Å². The molecule has 2 aliphatic heterocycles. The number of hydrogen-bond acceptors (Lipinski definition) is 4. The van der Waals surface area contributed by atoms with Crippen molar-refractivity contribution >= 4 is 0 Å². The summed E-state index contributed by atoms with van der Waals surface area (Å²) in [5.41, 5.74) is 5.80. The van der Waals surface area contributed by atoms with E-state index in [0.717, 1.165) is 36.9 Å². The van der Waals surface area contributed by atoms with Crippen LogP contribution in [0.4, 0.5) is 0 Å². The summed E-state index contributed by atoms with van der Waals surface area (Å²) in [6.07, 6.45) is 5.62. The lowest BCUT2D eigenvalue weighted by Gasteiger charge is -2.39. The van der Waals surface area contributed by atoms with Gasteiger partial charge in [0, 0.05) is 18.4 Å². The molecule has 4 nitrogen and oxygen atoms in total. The van der Waals surface area contributed by atoms with E-state index in [1.807, 2.05) is 12.1 Å². The Labute approximate surface area is 136 Å². The van der Waals surface area contributed by atoms with Gasteiger partial charge in [0.2, 0.25) is 0 Å². The van der Waals surface area contributed by atoms with E-state index < -0.39 is 0 Å². The van der Waals surface area contributed by atoms with E-state index in [-0.39, 0.29) is 11.4 Å². The summed E-state index contributed by atoms with van der Waals surface area (Å²) in [6, 6.07) is 8.20. The molecule has 0 aromatic heterocycles. The second-order valence-electron chi connectivity index (χ2n) is 6.55. The average Bonchev–Trinajstić information content (AvgIpc) is 3.17. The second kappa shape index (κ2) is 5.68. The number of hydroxylamine groups is 1. The summed E-state index contributed by atoms with van der Waals surface area (Å²) in [5.74, 6) is 6.00. The number of benzene rings is 1. The monoisotopic (exact) mass is 311 g/mol. The average molecular weight is 311 g/mol. The highest BCUT2D eigenvalue weighted by Crippen LogP contribution is 2.43. The van der Waals surface area contributed by atoms with E-state index in [1.165, 1.54) is 5.56 Å². The van der Waals surface area contributed by atoms with Gasteiger partial charge >= 0.3 is 0 Å². The molecule has 1 saturated carbocycles. The summed E-state index contributed by atoms with van der Waals surface area (Å²) in [7, 11) is 0. The molecule has 3 aliphatic rings. The van der Waals surface area contributed by atoms with E-state index in [2.05, 4.69) is 42.5 Å². The van der Waals surface area contributed by atoms with Crippen molar-refractivity contribution in [2.75, 3.05) is 13.2 Å². The molecule has 1 saturated heterocycles. The minimum absolute atomic E-state index is 0.267. The number of allylic oxidation sites excluding steroid dienone is 1. The van der Waals surface area contributed by atoms with Crippen molar-refractivity contribution in [3.63, 3.8) is 0 Å². The van der Waals surface area contributed by atoms with Crippen molar-refractivity contribution in [2.24, 2.45) is 0 Å². The third-order valence-corrected chi connectivity index (χ3v) is 4.80. The first kappa shape index (κ1) is 14.8. The van der Waals surface area contributed by atoms with Crippen LogP contribution in [0.3, 0.4) is 0 Å². The highest BCUT2D eigenvalue weighted by atomic mass is 16.7. The summed E-state index contributed by atoms with van der Waals surface area (Å²) in [4.78, 5) is 5.85. The number of aryl methyl sites for hydroxylation is 1. The zero-order valence-corrected chi connectivity index (χ0v) is 13.4. The molecular weight excluding hydrogens is 290 g/mol. The molecular formula is C19H21NO3. The first-order valence-corrected chi connectivity index (χ1v) is 8.21. The lowest BCUT2D eigenvalue weighted by molar-refractivity contribution is -0.205. The Morgan fingerprint density at radius 1 is 1.04 bits per heavy atom. The fraction of sp³-hybridized carbons (Fsp3) is 0.474. The van der Waals surface area contributed by atoms with Crippen LogP contribution in [0.2, 0.25) is 0 Å². The second-order valence-corrected chi connectivity index (χ2v) is 6.55. The van der Waals surface area contributed by atoms with Crippen molar-refractivity contribution in [1.82, 2.24) is 5.48 Å². The van der Waals surface area contributed by atoms with Crippen LogP contribution in [0.5, 0.6) is 0 Å². The summed E-state index contributed by atoms with van der Waals surface area (Å²) in [5, 5.41) is 0. The van der Waals surface area contributed by atoms with Crippen LogP contribution in [-0.4, -0.2) is 24.6 Å². The summed E-state index contributed by atoms with van der Waals surface area (Å²) in [6.45, 7) is 3.48. The van der Waals surface area contributed by atoms with Gasteiger partial charge < -0.3 is 9.47 Å². The van der Waals surface area contributed by atoms with Crippen LogP contribution in [0.25, 0.3) is 0 Å². The zero-order valence-electron chi connectivity index (χ0n) is 13.4. The Morgan fingerprint density at radius 3 is 2.57 bits per heavy atom. The van der Waals surface area contributed by atoms with Crippen molar-refractivity contribution in [3.8, 4) is 11.8 Å². The molecule has 4 heteroatoms. The molecule has 1 aromatic rings. The Bertz CT molecular complexity index is 682. The van der Waals surface area contributed by atoms with Crippen LogP contribution in [-0.2, 0) is 14.3 Å². The quantitative estimate of drug-likeness (QED) is 0.748. The first-order valence-electron chi connectivity index (χ1n) is 8.21. The summed E-state index contributed by atoms with van der Waals surface area (Å²) < 4.78 is 11.6. The molecule has 1 aliphatic carbocycles. The topological polar surface area (TPSA) is 39.7 Å². The minimum Gasteiger partial charge on any atom is -0.348 e. The molecule has 4 rings (SSSR count). The van der Waals surface area contributed by atoms with Gasteiger partial charge in [-0.3, -0.25) is 10.3 Å². The van der Waals surface area contributed by atoms with E-state index in [0.29, 0.717) is 13.2 Å². The standard InChI is InChI=1S/C19H21NO3/c1-15-3-2-4-16(13-15)5-6-17-14-18(23-20-17)7-9-19(10-8-18)21-11-12-22-19/h2-4,13-14,20H,7-12H2,1H3. The van der Waals surface area contributed by atoms with Gasteiger partial charge in [-0.15, -0.1) is 0 Å². The maximum absolute atomic E-state index is 5.85. The van der Waals surface area contributed by atoms with Gasteiger partial charge in [0.25, 0.3) is 0 Å². The van der Waals surface area contributed by atoms with Gasteiger partial charge in [-0.25, -0.2) is 0 Å². The number of rotatable bonds is 0. The maximum Gasteiger partial charge on any atom is 0.168 e. The predicted octanol–water partition coefficient (Wildman–Crippen LogP) is 2.82. The molecule has 1 N–H and O–H groups in total. The summed E-state index contributed by atoms with van der Waals surface area (Å²) >= 11 is 0. The normalized spacial score (nSPS) is 24.1. The van der Waals surface area contributed by atoms with Gasteiger partial charge in [-0.05, 0) is 49.5 Å². The molecule has 0 bridgehead atoms. The van der Waals surface area contributed by atoms with Crippen molar-refractivity contribution in [2.45, 2.75) is 44.0 Å². The van der Waals surface area contributed by atoms with E-state index >= 15 is 0 Å². The third-order valence-electron chi connectivity index (χ3n) is 4.80. The van der Waals surface area contributed by atoms with Gasteiger partial charge in [0.15, 0.2) is 5.79 Å². The molecule has 120 valence electrons. The molecule has 1 aromatic carbocycles. The lowest BCUT2D eigenvalue weighted by atomic mass is 9.81. The Balaban J connectivity index is 1.46. The molecule has 0 radical (unpaired) electrons. The highest BCUT2D eigenvalue weighted by molar-refractivity contribution is 5.42. The molecule has 0 atom stereocenters.